The summed E-state index contributed by atoms with van der Waals surface area (Å²) in [6, 6.07) is 7.21. The van der Waals surface area contributed by atoms with E-state index in [1.165, 1.54) is 0 Å². The van der Waals surface area contributed by atoms with Crippen LogP contribution in [0.1, 0.15) is 43.1 Å². The van der Waals surface area contributed by atoms with E-state index in [4.69, 9.17) is 32.7 Å². The summed E-state index contributed by atoms with van der Waals surface area (Å²) >= 11 is 12.5. The molecule has 35 heavy (non-hydrogen) atoms. The third kappa shape index (κ3) is 6.48. The molecule has 0 bridgehead atoms. The standard InChI is InChI=1S/C25H32Cl2N4O4/c1-2-8-31-16-21(27)23(28-31)24(33)30-9-4-7-25(17-30,15-22(32)29-10-12-34-13-11-29)18-35-20-6-3-5-19(26)14-20/h3,5-6,14,16H,2,4,7-13,15,17-18H2,1H3/t25-/m0/s1. The summed E-state index contributed by atoms with van der Waals surface area (Å²) in [5.74, 6) is 0.485. The Morgan fingerprint density at radius 3 is 2.71 bits per heavy atom. The molecule has 0 saturated carbocycles. The maximum atomic E-state index is 13.4. The topological polar surface area (TPSA) is 76.9 Å². The van der Waals surface area contributed by atoms with Crippen LogP contribution < -0.4 is 4.74 Å². The molecule has 0 N–H and O–H groups in total. The third-order valence-corrected chi connectivity index (χ3v) is 7.06. The molecule has 8 nitrogen and oxygen atoms in total. The first-order chi connectivity index (χ1) is 16.9. The summed E-state index contributed by atoms with van der Waals surface area (Å²) in [4.78, 5) is 30.3. The van der Waals surface area contributed by atoms with Gasteiger partial charge in [-0.1, -0.05) is 36.2 Å². The fourth-order valence-corrected chi connectivity index (χ4v) is 5.18. The van der Waals surface area contributed by atoms with Crippen molar-refractivity contribution >= 4 is 35.0 Å². The number of halogens is 2. The van der Waals surface area contributed by atoms with Crippen molar-refractivity contribution < 1.29 is 19.1 Å². The Bertz CT molecular complexity index is 1040. The predicted octanol–water partition coefficient (Wildman–Crippen LogP) is 4.15. The molecular formula is C25H32Cl2N4O4. The lowest BCUT2D eigenvalue weighted by atomic mass is 9.77. The fraction of sp³-hybridized carbons (Fsp3) is 0.560. The van der Waals surface area contributed by atoms with Crippen molar-refractivity contribution in [2.45, 2.75) is 39.2 Å². The van der Waals surface area contributed by atoms with Gasteiger partial charge in [0, 0.05) is 55.8 Å². The van der Waals surface area contributed by atoms with Crippen molar-refractivity contribution in [3.05, 3.63) is 46.2 Å². The van der Waals surface area contributed by atoms with E-state index in [1.54, 1.807) is 27.9 Å². The summed E-state index contributed by atoms with van der Waals surface area (Å²) in [6.07, 6.45) is 4.40. The molecule has 0 radical (unpaired) electrons. The van der Waals surface area contributed by atoms with E-state index in [0.29, 0.717) is 68.3 Å². The highest BCUT2D eigenvalue weighted by molar-refractivity contribution is 6.33. The molecule has 2 aliphatic heterocycles. The van der Waals surface area contributed by atoms with Crippen LogP contribution in [0, 0.1) is 5.41 Å². The van der Waals surface area contributed by atoms with Crippen LogP contribution in [-0.4, -0.2) is 77.4 Å². The summed E-state index contributed by atoms with van der Waals surface area (Å²) in [5.41, 5.74) is -0.282. The Morgan fingerprint density at radius 1 is 1.17 bits per heavy atom. The molecule has 1 aromatic heterocycles. The van der Waals surface area contributed by atoms with Crippen LogP contribution in [0.15, 0.2) is 30.5 Å². The van der Waals surface area contributed by atoms with Gasteiger partial charge in [0.25, 0.3) is 5.91 Å². The van der Waals surface area contributed by atoms with Crippen LogP contribution in [0.3, 0.4) is 0 Å². The minimum atomic E-state index is -0.538. The number of amides is 2. The van der Waals surface area contributed by atoms with E-state index in [1.807, 2.05) is 24.0 Å². The van der Waals surface area contributed by atoms with Gasteiger partial charge in [-0.05, 0) is 37.5 Å². The first kappa shape index (κ1) is 25.8. The zero-order valence-corrected chi connectivity index (χ0v) is 21.6. The van der Waals surface area contributed by atoms with Crippen LogP contribution in [0.2, 0.25) is 10.0 Å². The number of morpholine rings is 1. The number of ether oxygens (including phenoxy) is 2. The lowest BCUT2D eigenvalue weighted by Gasteiger charge is -2.43. The normalized spacial score (nSPS) is 20.7. The Balaban J connectivity index is 1.54. The van der Waals surface area contributed by atoms with Gasteiger partial charge >= 0.3 is 0 Å². The number of benzene rings is 1. The lowest BCUT2D eigenvalue weighted by molar-refractivity contribution is -0.139. The predicted molar refractivity (Wildman–Crippen MR) is 134 cm³/mol. The van der Waals surface area contributed by atoms with Crippen molar-refractivity contribution in [1.82, 2.24) is 19.6 Å². The molecule has 2 fully saturated rings. The number of carbonyl (C=O) groups is 2. The fourth-order valence-electron chi connectivity index (χ4n) is 4.77. The van der Waals surface area contributed by atoms with Gasteiger partial charge in [0.15, 0.2) is 5.69 Å². The van der Waals surface area contributed by atoms with E-state index < -0.39 is 5.41 Å². The number of piperidine rings is 1. The van der Waals surface area contributed by atoms with Crippen LogP contribution in [0.5, 0.6) is 5.75 Å². The molecule has 0 unspecified atom stereocenters. The quantitative estimate of drug-likeness (QED) is 0.520. The van der Waals surface area contributed by atoms with Gasteiger partial charge in [-0.25, -0.2) is 0 Å². The molecule has 2 aliphatic rings. The second-order valence-corrected chi connectivity index (χ2v) is 10.2. The molecule has 0 aliphatic carbocycles. The largest absolute Gasteiger partial charge is 0.493 e. The van der Waals surface area contributed by atoms with Crippen molar-refractivity contribution in [3.63, 3.8) is 0 Å². The monoisotopic (exact) mass is 522 g/mol. The third-order valence-electron chi connectivity index (χ3n) is 6.55. The number of carbonyl (C=O) groups excluding carboxylic acids is 2. The molecule has 3 heterocycles. The van der Waals surface area contributed by atoms with Crippen molar-refractivity contribution in [2.75, 3.05) is 46.0 Å². The van der Waals surface area contributed by atoms with Gasteiger partial charge in [0.2, 0.25) is 5.91 Å². The molecule has 1 atom stereocenters. The molecule has 10 heteroatoms. The second kappa shape index (κ2) is 11.6. The van der Waals surface area contributed by atoms with Crippen LogP contribution in [0.25, 0.3) is 0 Å². The number of aryl methyl sites for hydroxylation is 1. The summed E-state index contributed by atoms with van der Waals surface area (Å²) in [5, 5.41) is 5.35. The van der Waals surface area contributed by atoms with E-state index in [0.717, 1.165) is 19.3 Å². The van der Waals surface area contributed by atoms with Crippen LogP contribution >= 0.6 is 23.2 Å². The smallest absolute Gasteiger partial charge is 0.275 e. The minimum absolute atomic E-state index is 0.0579. The molecule has 190 valence electrons. The number of nitrogens with zero attached hydrogens (tertiary/aromatic N) is 4. The molecular weight excluding hydrogens is 491 g/mol. The van der Waals surface area contributed by atoms with Crippen molar-refractivity contribution in [1.29, 1.82) is 0 Å². The van der Waals surface area contributed by atoms with Gasteiger partial charge in [-0.2, -0.15) is 5.10 Å². The van der Waals surface area contributed by atoms with E-state index in [2.05, 4.69) is 5.10 Å². The first-order valence-electron chi connectivity index (χ1n) is 12.2. The lowest BCUT2D eigenvalue weighted by Crippen LogP contribution is -2.52. The highest BCUT2D eigenvalue weighted by Crippen LogP contribution is 2.36. The highest BCUT2D eigenvalue weighted by atomic mass is 35.5. The maximum absolute atomic E-state index is 13.4. The highest BCUT2D eigenvalue weighted by Gasteiger charge is 2.42. The number of likely N-dealkylation sites (tertiary alicyclic amines) is 1. The summed E-state index contributed by atoms with van der Waals surface area (Å²) in [7, 11) is 0. The molecule has 2 aromatic rings. The average molecular weight is 523 g/mol. The van der Waals surface area contributed by atoms with E-state index in [9.17, 15) is 9.59 Å². The van der Waals surface area contributed by atoms with Crippen molar-refractivity contribution in [2.24, 2.45) is 5.41 Å². The Hall–Kier alpha value is -2.29. The zero-order valence-electron chi connectivity index (χ0n) is 20.0. The summed E-state index contributed by atoms with van der Waals surface area (Å²) in [6.45, 7) is 6.25. The summed E-state index contributed by atoms with van der Waals surface area (Å²) < 4.78 is 13.3. The van der Waals surface area contributed by atoms with E-state index in [-0.39, 0.29) is 23.9 Å². The molecule has 1 aromatic carbocycles. The minimum Gasteiger partial charge on any atom is -0.493 e. The number of rotatable bonds is 8. The zero-order chi connectivity index (χ0) is 24.8. The number of hydrogen-bond acceptors (Lipinski definition) is 5. The molecule has 4 rings (SSSR count). The van der Waals surface area contributed by atoms with Crippen molar-refractivity contribution in [3.8, 4) is 5.75 Å². The van der Waals surface area contributed by atoms with Crippen LogP contribution in [-0.2, 0) is 16.1 Å². The van der Waals surface area contributed by atoms with Crippen LogP contribution in [0.4, 0.5) is 0 Å². The van der Waals surface area contributed by atoms with Gasteiger partial charge in [0.05, 0.1) is 24.8 Å². The number of hydrogen-bond donors (Lipinski definition) is 0. The van der Waals surface area contributed by atoms with E-state index >= 15 is 0 Å². The molecule has 2 amide bonds. The van der Waals surface area contributed by atoms with Gasteiger partial charge < -0.3 is 19.3 Å². The maximum Gasteiger partial charge on any atom is 0.275 e. The molecule has 2 saturated heterocycles. The first-order valence-corrected chi connectivity index (χ1v) is 12.9. The van der Waals surface area contributed by atoms with Gasteiger partial charge in [-0.3, -0.25) is 14.3 Å². The Labute approximate surface area is 216 Å². The van der Waals surface area contributed by atoms with Gasteiger partial charge in [0.1, 0.15) is 5.75 Å². The second-order valence-electron chi connectivity index (χ2n) is 9.33. The SMILES string of the molecule is CCCn1cc(Cl)c(C(=O)N2CCC[C@](COc3cccc(Cl)c3)(CC(=O)N3CCOCC3)C2)n1. The Kier molecular flexibility index (Phi) is 8.57. The number of aromatic nitrogens is 2. The van der Waals surface area contributed by atoms with Gasteiger partial charge in [-0.15, -0.1) is 0 Å². The average Bonchev–Trinajstić information content (AvgIpc) is 3.23. The Morgan fingerprint density at radius 2 is 1.97 bits per heavy atom. The molecule has 0 spiro atoms.